The van der Waals surface area contributed by atoms with Crippen LogP contribution >= 0.6 is 91.6 Å². The normalized spacial score (nSPS) is 13.5. The van der Waals surface area contributed by atoms with Crippen LogP contribution in [0, 0.1) is 11.6 Å². The van der Waals surface area contributed by atoms with Crippen LogP contribution in [-0.2, 0) is 55.2 Å². The monoisotopic (exact) mass is 1700 g/mol. The Balaban J connectivity index is 0.000000219. The molecule has 0 saturated carbocycles. The van der Waals surface area contributed by atoms with Crippen LogP contribution in [0.15, 0.2) is 159 Å². The van der Waals surface area contributed by atoms with Gasteiger partial charge in [0, 0.05) is 55.0 Å². The van der Waals surface area contributed by atoms with Crippen molar-refractivity contribution < 1.29 is 37.4 Å². The molecule has 2 aliphatic carbocycles. The molecule has 0 saturated heterocycles. The molecule has 29 heteroatoms. The van der Waals surface area contributed by atoms with Crippen LogP contribution in [0.1, 0.15) is 132 Å². The molecule has 3 amide bonds. The van der Waals surface area contributed by atoms with Gasteiger partial charge in [0.1, 0.15) is 57.8 Å². The number of nitrogens with zero attached hydrogens (tertiary/aromatic N) is 9. The van der Waals surface area contributed by atoms with Gasteiger partial charge < -0.3 is 40.3 Å². The fraction of sp³-hybridized carbons (Fsp3) is 0.258. The number of halogens is 8. The van der Waals surface area contributed by atoms with E-state index in [0.717, 1.165) is 58.8 Å². The maximum atomic E-state index is 13.4. The van der Waals surface area contributed by atoms with E-state index in [2.05, 4.69) is 123 Å². The number of benzene rings is 5. The number of ether oxygens (including phenoxy) is 2. The molecule has 2 atom stereocenters. The van der Waals surface area contributed by atoms with Crippen molar-refractivity contribution in [3.8, 4) is 0 Å². The average Bonchev–Trinajstić information content (AvgIpc) is 1.71. The number of carbonyl (C=O) groups excluding carboxylic acids is 4. The number of amides is 3. The first-order valence-corrected chi connectivity index (χ1v) is 34.2. The number of H-pyrrole nitrogens is 1. The maximum absolute atomic E-state index is 13.4. The molecule has 2 radical (unpaired) electrons. The van der Waals surface area contributed by atoms with E-state index in [-0.39, 0.29) is 57.5 Å². The van der Waals surface area contributed by atoms with Gasteiger partial charge in [-0.15, -0.1) is 0 Å². The number of carbonyl (C=O) groups is 4. The molecule has 6 N–H and O–H groups in total. The molecule has 0 bridgehead atoms. The Bertz CT molecular complexity index is 4070. The minimum atomic E-state index is -0.761. The SMILES string of the molecule is C.C.C.Cn1c(Cl)c2c(c1C(=O)Nc1ccc(F)c(Cl)c1)CCCC2N.Cn1c(Cl)c2c(c1C(=O)Nc1ccc(F)c(Cl)c1)CCCC2NC(=O)OCc1ncn[nH]1.O=C(OCc1ncn(C(c2ccccc2)(c2ccccc2)c2ccccc2)n1)n1ccnc1.[In][CH](I)I. The third kappa shape index (κ3) is 18.6. The summed E-state index contributed by atoms with van der Waals surface area (Å²) in [4.78, 5) is 62.4. The summed E-state index contributed by atoms with van der Waals surface area (Å²) < 4.78 is 44.4. The predicted octanol–water partition coefficient (Wildman–Crippen LogP) is 15.9. The van der Waals surface area contributed by atoms with Crippen LogP contribution < -0.4 is 21.7 Å². The van der Waals surface area contributed by atoms with Crippen molar-refractivity contribution in [2.75, 3.05) is 10.6 Å². The second-order valence-corrected chi connectivity index (χ2v) is 37.0. The first kappa shape index (κ1) is 77.2. The van der Waals surface area contributed by atoms with E-state index < -0.39 is 41.3 Å². The predicted molar refractivity (Wildman–Crippen MR) is 385 cm³/mol. The average molecular weight is 1700 g/mol. The summed E-state index contributed by atoms with van der Waals surface area (Å²) in [5.74, 6) is -1.01. The van der Waals surface area contributed by atoms with E-state index >= 15 is 0 Å². The third-order valence-electron chi connectivity index (χ3n) is 14.9. The Kier molecular flexibility index (Phi) is 29.2. The van der Waals surface area contributed by atoms with E-state index in [1.165, 1.54) is 90.4 Å². The summed E-state index contributed by atoms with van der Waals surface area (Å²) in [6.45, 7) is -0.111. The second kappa shape index (κ2) is 35.9. The molecule has 0 fully saturated rings. The number of aromatic nitrogens is 10. The van der Waals surface area contributed by atoms with Gasteiger partial charge in [0.15, 0.2) is 24.9 Å². The van der Waals surface area contributed by atoms with Crippen LogP contribution in [0.2, 0.25) is 20.4 Å². The van der Waals surface area contributed by atoms with E-state index in [1.54, 1.807) is 29.6 Å². The third-order valence-corrected chi connectivity index (χ3v) is 16.4. The number of aromatic amines is 1. The number of fused-ring (bicyclic) bond motifs is 2. The van der Waals surface area contributed by atoms with E-state index in [1.807, 2.05) is 59.3 Å². The van der Waals surface area contributed by atoms with Crippen LogP contribution in [0.4, 0.5) is 29.7 Å². The van der Waals surface area contributed by atoms with Gasteiger partial charge in [-0.3, -0.25) is 14.7 Å². The number of alkyl halides is 2. The molecule has 20 nitrogen and oxygen atoms in total. The minimum absolute atomic E-state index is 0. The van der Waals surface area contributed by atoms with Gasteiger partial charge >= 0.3 is 81.4 Å². The molecule has 5 aromatic carbocycles. The van der Waals surface area contributed by atoms with Crippen molar-refractivity contribution in [3.63, 3.8) is 0 Å². The molecule has 2 aliphatic rings. The van der Waals surface area contributed by atoms with E-state index in [0.29, 0.717) is 63.1 Å². The summed E-state index contributed by atoms with van der Waals surface area (Å²) in [5.41, 5.74) is 13.3. The second-order valence-electron chi connectivity index (χ2n) is 20.7. The summed E-state index contributed by atoms with van der Waals surface area (Å²) in [6, 6.07) is 38.0. The molecule has 5 heterocycles. The fourth-order valence-corrected chi connectivity index (χ4v) is 11.9. The number of imidazole rings is 1. The van der Waals surface area contributed by atoms with Gasteiger partial charge in [0.2, 0.25) is 0 Å². The fourth-order valence-electron chi connectivity index (χ4n) is 10.9. The topological polar surface area (TPSA) is 249 Å². The van der Waals surface area contributed by atoms with Gasteiger partial charge in [-0.2, -0.15) is 10.2 Å². The van der Waals surface area contributed by atoms with Crippen molar-refractivity contribution in [1.29, 1.82) is 0 Å². The van der Waals surface area contributed by atoms with Crippen molar-refractivity contribution in [2.45, 2.75) is 91.3 Å². The van der Waals surface area contributed by atoms with Crippen LogP contribution in [0.3, 0.4) is 0 Å². The Labute approximate surface area is 611 Å². The summed E-state index contributed by atoms with van der Waals surface area (Å²) >= 11 is 30.6. The Morgan fingerprint density at radius 2 is 1.20 bits per heavy atom. The number of hydrogen-bond donors (Lipinski definition) is 5. The number of anilines is 2. The van der Waals surface area contributed by atoms with Crippen LogP contribution in [-0.4, -0.2) is 96.7 Å². The number of alkyl carbamates (subject to hydrolysis) is 1. The quantitative estimate of drug-likeness (QED) is 0.0411. The Hall–Kier alpha value is -6.86. The zero-order valence-corrected chi connectivity index (χ0v) is 59.7. The zero-order valence-electron chi connectivity index (χ0n) is 49.1. The summed E-state index contributed by atoms with van der Waals surface area (Å²) in [5, 5.41) is 20.0. The number of nitrogens with one attached hydrogen (secondary N) is 4. The van der Waals surface area contributed by atoms with E-state index in [9.17, 15) is 28.0 Å². The molecule has 12 rings (SSSR count). The molecule has 5 aromatic heterocycles. The number of nitrogens with two attached hydrogens (primary N) is 1. The van der Waals surface area contributed by atoms with Gasteiger partial charge in [-0.05, 0) is 103 Å². The Morgan fingerprint density at radius 1 is 0.705 bits per heavy atom. The molecule has 10 aromatic rings. The van der Waals surface area contributed by atoms with Gasteiger partial charge in [0.25, 0.3) is 11.8 Å². The molecular weight excluding hydrogens is 1630 g/mol. The van der Waals surface area contributed by atoms with Gasteiger partial charge in [-0.25, -0.2) is 42.6 Å². The summed E-state index contributed by atoms with van der Waals surface area (Å²) in [7, 11) is 3.41. The standard InChI is InChI=1S/C26H21N5O2.C20H19Cl2FN6O3.C16H16Cl2FN3O.CHI2.3CH4.In/c32-25(30-17-16-27-19-30)33-18-24-28-20-31(29-24)26(21-10-4-1-5-11-21,22-12-6-2-7-13-22)23-14-8-3-9-15-23;1-29-17(19(30)26-10-5-6-13(23)12(21)7-10)11-3-2-4-14(16(11)18(29)22)27-20(31)32-8-15-24-9-25-28-15;1-22-14(9-3-2-4-12(20)13(9)15(22)18)16(23)21-8-5-6-11(19)10(17)7-8;2-1-3;;;;/h1-17,19-20H,18H2;5-7,9,14H,2-4,8H2,1H3,(H,26,30)(H,27,31)(H,24,25,28);5-7,12H,2-4,20H2,1H3,(H,21,23);1H;3*1H4;. The van der Waals surface area contributed by atoms with E-state index in [4.69, 9.17) is 66.7 Å². The first-order valence-electron chi connectivity index (χ1n) is 28.3. The molecule has 95 heavy (non-hydrogen) atoms. The molecule has 498 valence electrons. The first-order chi connectivity index (χ1) is 44.3. The number of rotatable bonds is 13. The molecule has 0 spiro atoms. The summed E-state index contributed by atoms with van der Waals surface area (Å²) in [6.07, 6.45) is 10.8. The van der Waals surface area contributed by atoms with Crippen molar-refractivity contribution in [2.24, 2.45) is 19.8 Å². The van der Waals surface area contributed by atoms with Crippen LogP contribution in [0.25, 0.3) is 0 Å². The van der Waals surface area contributed by atoms with Gasteiger partial charge in [-0.1, -0.05) is 160 Å². The Morgan fingerprint density at radius 3 is 1.67 bits per heavy atom. The molecule has 0 aliphatic heterocycles. The van der Waals surface area contributed by atoms with Crippen molar-refractivity contribution in [3.05, 3.63) is 253 Å². The van der Waals surface area contributed by atoms with Crippen molar-refractivity contribution >= 4 is 151 Å². The molecule has 2 unspecified atom stereocenters. The zero-order chi connectivity index (χ0) is 65.6. The number of hydrogen-bond acceptors (Lipinski definition) is 12. The molecular formula is C66H69Cl4F2I2InN14O6. The van der Waals surface area contributed by atoms with Crippen LogP contribution in [0.5, 0.6) is 0 Å². The van der Waals surface area contributed by atoms with Crippen molar-refractivity contribution in [1.82, 2.24) is 53.9 Å². The van der Waals surface area contributed by atoms with Gasteiger partial charge in [0.05, 0.1) is 16.1 Å².